The highest BCUT2D eigenvalue weighted by atomic mass is 35.5. The molecule has 0 saturated heterocycles. The van der Waals surface area contributed by atoms with E-state index in [0.717, 1.165) is 54.1 Å². The molecule has 2 aromatic carbocycles. The molecule has 9 heteroatoms. The number of rotatable bonds is 3. The number of ether oxygens (including phenoxy) is 2. The van der Waals surface area contributed by atoms with E-state index in [-0.39, 0.29) is 24.2 Å². The SMILES string of the molecule is COc1ccc(F)cc1[C@H]1CC[C@H](c2nnc3n2-c2ccc(Cl)cc2CN(C(=O)OC(C)(C)C)C3)CC1. The smallest absolute Gasteiger partial charge is 0.411 e. The second-order valence-corrected chi connectivity index (χ2v) is 11.3. The van der Waals surface area contributed by atoms with Gasteiger partial charge in [0.25, 0.3) is 0 Å². The normalized spacial score (nSPS) is 19.6. The van der Waals surface area contributed by atoms with Crippen molar-refractivity contribution < 1.29 is 18.7 Å². The van der Waals surface area contributed by atoms with Crippen LogP contribution in [0.4, 0.5) is 9.18 Å². The van der Waals surface area contributed by atoms with Gasteiger partial charge in [0.2, 0.25) is 0 Å². The Balaban J connectivity index is 1.44. The molecule has 1 aliphatic heterocycles. The summed E-state index contributed by atoms with van der Waals surface area (Å²) in [6, 6.07) is 10.4. The number of benzene rings is 2. The summed E-state index contributed by atoms with van der Waals surface area (Å²) in [5.74, 6) is 2.47. The summed E-state index contributed by atoms with van der Waals surface area (Å²) in [5, 5.41) is 9.74. The number of hydrogen-bond acceptors (Lipinski definition) is 5. The van der Waals surface area contributed by atoms with Crippen LogP contribution in [0.3, 0.4) is 0 Å². The first kappa shape index (κ1) is 25.5. The molecule has 7 nitrogen and oxygen atoms in total. The minimum absolute atomic E-state index is 0.189. The van der Waals surface area contributed by atoms with Crippen molar-refractivity contribution in [3.8, 4) is 11.4 Å². The molecule has 5 rings (SSSR count). The van der Waals surface area contributed by atoms with E-state index in [4.69, 9.17) is 21.1 Å². The second-order valence-electron chi connectivity index (χ2n) is 10.9. The van der Waals surface area contributed by atoms with Crippen LogP contribution in [0, 0.1) is 5.82 Å². The molecule has 0 radical (unpaired) electrons. The highest BCUT2D eigenvalue weighted by Gasteiger charge is 2.33. The molecule has 0 spiro atoms. The van der Waals surface area contributed by atoms with Crippen LogP contribution in [-0.2, 0) is 17.8 Å². The van der Waals surface area contributed by atoms with Gasteiger partial charge in [0.15, 0.2) is 5.82 Å². The van der Waals surface area contributed by atoms with Crippen molar-refractivity contribution in [3.63, 3.8) is 0 Å². The predicted molar refractivity (Wildman–Crippen MR) is 139 cm³/mol. The summed E-state index contributed by atoms with van der Waals surface area (Å²) in [6.07, 6.45) is 3.16. The number of fused-ring (bicyclic) bond motifs is 3. The van der Waals surface area contributed by atoms with Gasteiger partial charge in [-0.2, -0.15) is 0 Å². The lowest BCUT2D eigenvalue weighted by Gasteiger charge is -2.29. The molecule has 1 aliphatic carbocycles. The summed E-state index contributed by atoms with van der Waals surface area (Å²) in [6.45, 7) is 6.20. The fourth-order valence-corrected chi connectivity index (χ4v) is 5.63. The van der Waals surface area contributed by atoms with Gasteiger partial charge in [0, 0.05) is 16.5 Å². The molecule has 0 atom stereocenters. The Kier molecular flexibility index (Phi) is 6.88. The van der Waals surface area contributed by atoms with E-state index in [1.165, 1.54) is 6.07 Å². The Hall–Kier alpha value is -3.13. The highest BCUT2D eigenvalue weighted by molar-refractivity contribution is 6.30. The largest absolute Gasteiger partial charge is 0.496 e. The number of methoxy groups -OCH3 is 1. The average molecular weight is 527 g/mol. The Morgan fingerprint density at radius 3 is 2.46 bits per heavy atom. The molecule has 37 heavy (non-hydrogen) atoms. The minimum atomic E-state index is -0.609. The Morgan fingerprint density at radius 2 is 1.76 bits per heavy atom. The maximum atomic E-state index is 14.0. The van der Waals surface area contributed by atoms with Gasteiger partial charge < -0.3 is 9.47 Å². The lowest BCUT2D eigenvalue weighted by molar-refractivity contribution is 0.0214. The molecular formula is C28H32ClFN4O3. The lowest BCUT2D eigenvalue weighted by atomic mass is 9.78. The van der Waals surface area contributed by atoms with Gasteiger partial charge in [-0.05, 0) is 94.3 Å². The molecule has 1 amide bonds. The van der Waals surface area contributed by atoms with Crippen LogP contribution < -0.4 is 4.74 Å². The third-order valence-electron chi connectivity index (χ3n) is 7.11. The molecule has 1 aromatic heterocycles. The van der Waals surface area contributed by atoms with Crippen LogP contribution >= 0.6 is 11.6 Å². The number of aromatic nitrogens is 3. The van der Waals surface area contributed by atoms with Crippen LogP contribution in [0.25, 0.3) is 5.69 Å². The number of nitrogens with zero attached hydrogens (tertiary/aromatic N) is 4. The summed E-state index contributed by atoms with van der Waals surface area (Å²) in [5.41, 5.74) is 2.16. The van der Waals surface area contributed by atoms with Crippen LogP contribution in [0.1, 0.15) is 81.1 Å². The summed E-state index contributed by atoms with van der Waals surface area (Å²) < 4.78 is 27.2. The van der Waals surface area contributed by atoms with Crippen LogP contribution in [0.5, 0.6) is 5.75 Å². The molecule has 0 N–H and O–H groups in total. The van der Waals surface area contributed by atoms with Gasteiger partial charge in [0.1, 0.15) is 23.0 Å². The zero-order valence-corrected chi connectivity index (χ0v) is 22.4. The molecule has 3 aromatic rings. The first-order valence-corrected chi connectivity index (χ1v) is 13.0. The van der Waals surface area contributed by atoms with E-state index >= 15 is 0 Å². The second kappa shape index (κ2) is 9.97. The predicted octanol–water partition coefficient (Wildman–Crippen LogP) is 6.76. The number of amides is 1. The summed E-state index contributed by atoms with van der Waals surface area (Å²) >= 11 is 6.35. The first-order valence-electron chi connectivity index (χ1n) is 12.7. The van der Waals surface area contributed by atoms with Crippen molar-refractivity contribution in [3.05, 3.63) is 70.0 Å². The number of halogens is 2. The number of hydrogen-bond donors (Lipinski definition) is 0. The minimum Gasteiger partial charge on any atom is -0.496 e. The summed E-state index contributed by atoms with van der Waals surface area (Å²) in [7, 11) is 1.62. The van der Waals surface area contributed by atoms with Crippen molar-refractivity contribution in [1.29, 1.82) is 0 Å². The van der Waals surface area contributed by atoms with E-state index in [0.29, 0.717) is 17.4 Å². The van der Waals surface area contributed by atoms with Crippen LogP contribution in [0.15, 0.2) is 36.4 Å². The molecule has 0 bridgehead atoms. The third-order valence-corrected chi connectivity index (χ3v) is 7.34. The van der Waals surface area contributed by atoms with Crippen molar-refractivity contribution in [2.45, 2.75) is 77.0 Å². The zero-order chi connectivity index (χ0) is 26.3. The van der Waals surface area contributed by atoms with E-state index in [9.17, 15) is 9.18 Å². The van der Waals surface area contributed by atoms with Crippen LogP contribution in [0.2, 0.25) is 5.02 Å². The molecule has 2 heterocycles. The fourth-order valence-electron chi connectivity index (χ4n) is 5.43. The van der Waals surface area contributed by atoms with Gasteiger partial charge in [0.05, 0.1) is 25.9 Å². The van der Waals surface area contributed by atoms with Crippen molar-refractivity contribution in [1.82, 2.24) is 19.7 Å². The Morgan fingerprint density at radius 1 is 1.03 bits per heavy atom. The molecule has 1 saturated carbocycles. The topological polar surface area (TPSA) is 69.5 Å². The average Bonchev–Trinajstić information content (AvgIpc) is 3.18. The maximum Gasteiger partial charge on any atom is 0.411 e. The molecular weight excluding hydrogens is 495 g/mol. The van der Waals surface area contributed by atoms with E-state index in [1.54, 1.807) is 24.1 Å². The maximum absolute atomic E-state index is 14.0. The Labute approximate surface area is 221 Å². The molecule has 2 aliphatic rings. The fraction of sp³-hybridized carbons (Fsp3) is 0.464. The lowest BCUT2D eigenvalue weighted by Crippen LogP contribution is -2.35. The van der Waals surface area contributed by atoms with E-state index in [2.05, 4.69) is 14.8 Å². The van der Waals surface area contributed by atoms with Gasteiger partial charge in [-0.25, -0.2) is 9.18 Å². The van der Waals surface area contributed by atoms with Crippen molar-refractivity contribution in [2.24, 2.45) is 0 Å². The van der Waals surface area contributed by atoms with Crippen LogP contribution in [-0.4, -0.2) is 38.5 Å². The standard InChI is InChI=1S/C28H32ClFN4O3/c1-28(2,3)37-27(35)33-15-19-13-20(29)9-11-23(19)34-25(16-33)31-32-26(34)18-7-5-17(6-8-18)22-14-21(30)10-12-24(22)36-4/h9-14,17-18H,5-8,15-16H2,1-4H3/t17-,18-. The monoisotopic (exact) mass is 526 g/mol. The van der Waals surface area contributed by atoms with Gasteiger partial charge in [-0.1, -0.05) is 11.6 Å². The van der Waals surface area contributed by atoms with Gasteiger partial charge in [-0.3, -0.25) is 9.47 Å². The summed E-state index contributed by atoms with van der Waals surface area (Å²) in [4.78, 5) is 14.6. The first-order chi connectivity index (χ1) is 17.6. The molecule has 1 fully saturated rings. The zero-order valence-electron chi connectivity index (χ0n) is 21.6. The van der Waals surface area contributed by atoms with E-state index < -0.39 is 11.7 Å². The number of carbonyl (C=O) groups excluding carboxylic acids is 1. The highest BCUT2D eigenvalue weighted by Crippen LogP contribution is 2.44. The number of carbonyl (C=O) groups is 1. The van der Waals surface area contributed by atoms with Crippen molar-refractivity contribution in [2.75, 3.05) is 7.11 Å². The van der Waals surface area contributed by atoms with E-state index in [1.807, 2.05) is 39.0 Å². The van der Waals surface area contributed by atoms with Crippen molar-refractivity contribution >= 4 is 17.7 Å². The van der Waals surface area contributed by atoms with Gasteiger partial charge >= 0.3 is 6.09 Å². The quantitative estimate of drug-likeness (QED) is 0.377. The molecule has 196 valence electrons. The third kappa shape index (κ3) is 5.30. The molecule has 0 unspecified atom stereocenters. The Bertz CT molecular complexity index is 1310. The van der Waals surface area contributed by atoms with Gasteiger partial charge in [-0.15, -0.1) is 10.2 Å².